The number of hydrogen-bond acceptors (Lipinski definition) is 3. The molecule has 0 spiro atoms. The summed E-state index contributed by atoms with van der Waals surface area (Å²) in [5.41, 5.74) is 3.34. The van der Waals surface area contributed by atoms with Crippen molar-refractivity contribution in [3.63, 3.8) is 0 Å². The fourth-order valence-electron chi connectivity index (χ4n) is 2.58. The van der Waals surface area contributed by atoms with E-state index in [2.05, 4.69) is 0 Å². The average Bonchev–Trinajstić information content (AvgIpc) is 2.92. The van der Waals surface area contributed by atoms with Crippen LogP contribution in [0.2, 0.25) is 0 Å². The fraction of sp³-hybridized carbons (Fsp3) is 0.250. The van der Waals surface area contributed by atoms with Crippen molar-refractivity contribution in [2.45, 2.75) is 25.9 Å². The van der Waals surface area contributed by atoms with E-state index in [9.17, 15) is 10.1 Å². The topological polar surface area (TPSA) is 52.4 Å². The van der Waals surface area contributed by atoms with Crippen LogP contribution < -0.4 is 4.74 Å². The molecule has 0 heterocycles. The maximum absolute atomic E-state index is 11.2. The van der Waals surface area contributed by atoms with E-state index < -0.39 is 0 Å². The summed E-state index contributed by atoms with van der Waals surface area (Å²) in [6, 6.07) is 13.2. The van der Waals surface area contributed by atoms with Gasteiger partial charge in [0.2, 0.25) is 0 Å². The van der Waals surface area contributed by atoms with Gasteiger partial charge < -0.3 is 4.74 Å². The number of ether oxygens (including phenoxy) is 1. The lowest BCUT2D eigenvalue weighted by molar-refractivity contribution is -0.386. The molecule has 0 unspecified atom stereocenters. The predicted molar refractivity (Wildman–Crippen MR) is 75.9 cm³/mol. The van der Waals surface area contributed by atoms with Crippen LogP contribution in [0.25, 0.3) is 0 Å². The molecule has 102 valence electrons. The number of nitro groups is 1. The molecule has 0 radical (unpaired) electrons. The summed E-state index contributed by atoms with van der Waals surface area (Å²) in [7, 11) is 0. The molecular weight excluding hydrogens is 254 g/mol. The van der Waals surface area contributed by atoms with Gasteiger partial charge in [-0.1, -0.05) is 30.3 Å². The molecule has 0 bridgehead atoms. The summed E-state index contributed by atoms with van der Waals surface area (Å²) < 4.78 is 5.67. The molecule has 1 aliphatic rings. The minimum absolute atomic E-state index is 0.0709. The summed E-state index contributed by atoms with van der Waals surface area (Å²) in [6.07, 6.45) is 2.97. The number of nitro benzene ring substituents is 1. The monoisotopic (exact) mass is 269 g/mol. The molecule has 0 saturated heterocycles. The van der Waals surface area contributed by atoms with Gasteiger partial charge >= 0.3 is 5.69 Å². The first-order valence-corrected chi connectivity index (χ1v) is 6.71. The van der Waals surface area contributed by atoms with E-state index in [1.165, 1.54) is 5.56 Å². The normalized spacial score (nSPS) is 13.0. The maximum atomic E-state index is 11.2. The lowest BCUT2D eigenvalue weighted by Crippen LogP contribution is -2.00. The Morgan fingerprint density at radius 2 is 1.80 bits per heavy atom. The van der Waals surface area contributed by atoms with Crippen molar-refractivity contribution in [2.75, 3.05) is 0 Å². The van der Waals surface area contributed by atoms with E-state index in [0.29, 0.717) is 12.4 Å². The van der Waals surface area contributed by atoms with Gasteiger partial charge in [0.25, 0.3) is 0 Å². The maximum Gasteiger partial charge on any atom is 0.311 e. The van der Waals surface area contributed by atoms with Crippen molar-refractivity contribution in [1.29, 1.82) is 0 Å². The van der Waals surface area contributed by atoms with Crippen molar-refractivity contribution >= 4 is 5.69 Å². The molecule has 3 rings (SSSR count). The van der Waals surface area contributed by atoms with Gasteiger partial charge in [0.15, 0.2) is 5.75 Å². The molecule has 0 amide bonds. The molecule has 4 nitrogen and oxygen atoms in total. The molecule has 1 aliphatic carbocycles. The Morgan fingerprint density at radius 1 is 1.10 bits per heavy atom. The second kappa shape index (κ2) is 5.33. The van der Waals surface area contributed by atoms with E-state index >= 15 is 0 Å². The molecule has 0 fully saturated rings. The Hall–Kier alpha value is -2.36. The third-order valence-electron chi connectivity index (χ3n) is 3.61. The zero-order chi connectivity index (χ0) is 13.9. The number of benzene rings is 2. The van der Waals surface area contributed by atoms with Crippen LogP contribution in [0.15, 0.2) is 42.5 Å². The lowest BCUT2D eigenvalue weighted by atomic mass is 10.1. The Kier molecular flexibility index (Phi) is 3.37. The van der Waals surface area contributed by atoms with Crippen LogP contribution in [0.1, 0.15) is 23.1 Å². The molecule has 0 atom stereocenters. The average molecular weight is 269 g/mol. The first-order valence-electron chi connectivity index (χ1n) is 6.71. The van der Waals surface area contributed by atoms with E-state index in [0.717, 1.165) is 30.4 Å². The first-order chi connectivity index (χ1) is 9.74. The second-order valence-electron chi connectivity index (χ2n) is 4.97. The minimum atomic E-state index is -0.362. The van der Waals surface area contributed by atoms with Crippen molar-refractivity contribution in [3.8, 4) is 5.75 Å². The van der Waals surface area contributed by atoms with E-state index in [4.69, 9.17) is 4.74 Å². The standard InChI is InChI=1S/C16H15NO3/c18-17(19)15-9-13-7-4-8-14(13)10-16(15)20-11-12-5-2-1-3-6-12/h1-3,5-6,9-10H,4,7-8,11H2. The molecule has 20 heavy (non-hydrogen) atoms. The van der Waals surface area contributed by atoms with Crippen LogP contribution >= 0.6 is 0 Å². The van der Waals surface area contributed by atoms with Gasteiger partial charge in [-0.2, -0.15) is 0 Å². The van der Waals surface area contributed by atoms with Crippen LogP contribution in [-0.2, 0) is 19.4 Å². The Labute approximate surface area is 117 Å². The van der Waals surface area contributed by atoms with Gasteiger partial charge in [-0.05, 0) is 42.0 Å². The quantitative estimate of drug-likeness (QED) is 0.628. The number of rotatable bonds is 4. The lowest BCUT2D eigenvalue weighted by Gasteiger charge is -2.09. The predicted octanol–water partition coefficient (Wildman–Crippen LogP) is 3.66. The van der Waals surface area contributed by atoms with Gasteiger partial charge in [-0.3, -0.25) is 10.1 Å². The van der Waals surface area contributed by atoms with Crippen molar-refractivity contribution < 1.29 is 9.66 Å². The Bertz CT molecular complexity index is 638. The number of fused-ring (bicyclic) bond motifs is 1. The molecule has 2 aromatic rings. The highest BCUT2D eigenvalue weighted by Gasteiger charge is 2.22. The minimum Gasteiger partial charge on any atom is -0.482 e. The Balaban J connectivity index is 1.86. The number of nitrogens with zero attached hydrogens (tertiary/aromatic N) is 1. The zero-order valence-electron chi connectivity index (χ0n) is 11.0. The third kappa shape index (κ3) is 2.50. The largest absolute Gasteiger partial charge is 0.482 e. The molecule has 0 aliphatic heterocycles. The van der Waals surface area contributed by atoms with Crippen molar-refractivity contribution in [1.82, 2.24) is 0 Å². The van der Waals surface area contributed by atoms with Gasteiger partial charge in [0, 0.05) is 6.07 Å². The van der Waals surface area contributed by atoms with Gasteiger partial charge in [-0.15, -0.1) is 0 Å². The highest BCUT2D eigenvalue weighted by atomic mass is 16.6. The molecule has 0 N–H and O–H groups in total. The van der Waals surface area contributed by atoms with Crippen LogP contribution in [-0.4, -0.2) is 4.92 Å². The summed E-state index contributed by atoms with van der Waals surface area (Å²) >= 11 is 0. The van der Waals surface area contributed by atoms with Gasteiger partial charge in [0.1, 0.15) is 6.61 Å². The third-order valence-corrected chi connectivity index (χ3v) is 3.61. The van der Waals surface area contributed by atoms with Gasteiger partial charge in [-0.25, -0.2) is 0 Å². The summed E-state index contributed by atoms with van der Waals surface area (Å²) in [5.74, 6) is 0.375. The van der Waals surface area contributed by atoms with Crippen LogP contribution in [0.4, 0.5) is 5.69 Å². The first kappa shape index (κ1) is 12.7. The van der Waals surface area contributed by atoms with Crippen LogP contribution in [0, 0.1) is 10.1 Å². The van der Waals surface area contributed by atoms with E-state index in [-0.39, 0.29) is 10.6 Å². The van der Waals surface area contributed by atoms with Crippen LogP contribution in [0.3, 0.4) is 0 Å². The number of hydrogen-bond donors (Lipinski definition) is 0. The van der Waals surface area contributed by atoms with E-state index in [1.54, 1.807) is 6.07 Å². The van der Waals surface area contributed by atoms with Crippen LogP contribution in [0.5, 0.6) is 5.75 Å². The highest BCUT2D eigenvalue weighted by Crippen LogP contribution is 2.35. The fourth-order valence-corrected chi connectivity index (χ4v) is 2.58. The molecule has 0 aromatic heterocycles. The Morgan fingerprint density at radius 3 is 2.50 bits per heavy atom. The van der Waals surface area contributed by atoms with Crippen molar-refractivity contribution in [2.24, 2.45) is 0 Å². The molecular formula is C16H15NO3. The molecule has 2 aromatic carbocycles. The summed E-state index contributed by atoms with van der Waals surface area (Å²) in [5, 5.41) is 11.2. The smallest absolute Gasteiger partial charge is 0.311 e. The highest BCUT2D eigenvalue weighted by molar-refractivity contribution is 5.53. The summed E-state index contributed by atoms with van der Waals surface area (Å²) in [6.45, 7) is 0.348. The molecule has 4 heteroatoms. The van der Waals surface area contributed by atoms with Crippen molar-refractivity contribution in [3.05, 3.63) is 69.3 Å². The van der Waals surface area contributed by atoms with E-state index in [1.807, 2.05) is 36.4 Å². The number of aryl methyl sites for hydroxylation is 2. The zero-order valence-corrected chi connectivity index (χ0v) is 11.0. The molecule has 0 saturated carbocycles. The van der Waals surface area contributed by atoms with Gasteiger partial charge in [0.05, 0.1) is 4.92 Å². The summed E-state index contributed by atoms with van der Waals surface area (Å²) in [4.78, 5) is 10.8. The SMILES string of the molecule is O=[N+]([O-])c1cc2c(cc1OCc1ccccc1)CCC2. The second-order valence-corrected chi connectivity index (χ2v) is 4.97.